The van der Waals surface area contributed by atoms with E-state index >= 15 is 0 Å². The number of carbonyl (C=O) groups is 1. The van der Waals surface area contributed by atoms with Crippen molar-refractivity contribution < 1.29 is 22.4 Å². The number of benzene rings is 1. The molecule has 0 unspecified atom stereocenters. The first-order valence-corrected chi connectivity index (χ1v) is 16.3. The zero-order chi connectivity index (χ0) is 30.4. The van der Waals surface area contributed by atoms with Crippen molar-refractivity contribution in [3.05, 3.63) is 73.0 Å². The third-order valence-electron chi connectivity index (χ3n) is 8.85. The molecular formula is C32H32N6O5S. The second-order valence-electron chi connectivity index (χ2n) is 11.5. The first kappa shape index (κ1) is 28.2. The Morgan fingerprint density at radius 1 is 1.09 bits per heavy atom. The molecule has 3 aliphatic carbocycles. The number of nitrogens with one attached hydrogen (secondary N) is 1. The number of esters is 1. The normalized spacial score (nSPS) is 21.4. The molecule has 3 aliphatic rings. The number of rotatable bonds is 8. The summed E-state index contributed by atoms with van der Waals surface area (Å²) >= 11 is 0. The Morgan fingerprint density at radius 3 is 2.59 bits per heavy atom. The number of carbonyl (C=O) groups excluding carboxylic acids is 1. The van der Waals surface area contributed by atoms with E-state index in [0.717, 1.165) is 35.2 Å². The molecule has 3 saturated carbocycles. The molecule has 2 atom stereocenters. The first-order chi connectivity index (χ1) is 21.3. The van der Waals surface area contributed by atoms with E-state index in [-0.39, 0.29) is 40.2 Å². The summed E-state index contributed by atoms with van der Waals surface area (Å²) in [6.07, 6.45) is 10.0. The maximum atomic E-state index is 13.8. The van der Waals surface area contributed by atoms with Crippen LogP contribution in [0.3, 0.4) is 0 Å². The number of nitrogens with zero attached hydrogens (tertiary/aromatic N) is 5. The molecule has 12 heteroatoms. The van der Waals surface area contributed by atoms with Crippen molar-refractivity contribution in [2.75, 3.05) is 11.9 Å². The van der Waals surface area contributed by atoms with Crippen LogP contribution in [0.25, 0.3) is 33.9 Å². The summed E-state index contributed by atoms with van der Waals surface area (Å²) in [6, 6.07) is 11.9. The number of hydrogen-bond donors (Lipinski definition) is 1. The number of fused-ring (bicyclic) bond motifs is 4. The Morgan fingerprint density at radius 2 is 1.86 bits per heavy atom. The van der Waals surface area contributed by atoms with E-state index in [1.807, 2.05) is 13.8 Å². The van der Waals surface area contributed by atoms with Crippen LogP contribution < -0.4 is 5.32 Å². The highest BCUT2D eigenvalue weighted by Gasteiger charge is 2.48. The number of aromatic nitrogens is 5. The highest BCUT2D eigenvalue weighted by molar-refractivity contribution is 7.90. The van der Waals surface area contributed by atoms with E-state index in [9.17, 15) is 13.2 Å². The fourth-order valence-electron chi connectivity index (χ4n) is 6.72. The lowest BCUT2D eigenvalue weighted by atomic mass is 9.61. The van der Waals surface area contributed by atoms with E-state index < -0.39 is 10.0 Å². The molecule has 0 saturated heterocycles. The van der Waals surface area contributed by atoms with Crippen LogP contribution in [0.1, 0.15) is 38.2 Å². The number of furan rings is 1. The van der Waals surface area contributed by atoms with Gasteiger partial charge in [-0.2, -0.15) is 0 Å². The summed E-state index contributed by atoms with van der Waals surface area (Å²) in [6.45, 7) is 4.06. The minimum atomic E-state index is -4.00. The van der Waals surface area contributed by atoms with Gasteiger partial charge in [0.2, 0.25) is 0 Å². The number of hydrogen-bond acceptors (Lipinski definition) is 10. The van der Waals surface area contributed by atoms with Crippen LogP contribution in [-0.2, 0) is 19.6 Å². The number of aryl methyl sites for hydroxylation is 1. The molecule has 44 heavy (non-hydrogen) atoms. The first-order valence-electron chi connectivity index (χ1n) is 14.8. The second kappa shape index (κ2) is 11.2. The summed E-state index contributed by atoms with van der Waals surface area (Å²) in [7, 11) is -4.00. The minimum Gasteiger partial charge on any atom is -0.466 e. The molecule has 0 spiro atoms. The molecule has 2 bridgehead atoms. The van der Waals surface area contributed by atoms with Crippen LogP contribution in [0.4, 0.5) is 5.82 Å². The van der Waals surface area contributed by atoms with Gasteiger partial charge in [0, 0.05) is 35.5 Å². The Kier molecular flexibility index (Phi) is 7.16. The van der Waals surface area contributed by atoms with Crippen LogP contribution in [-0.4, -0.2) is 50.9 Å². The lowest BCUT2D eigenvalue weighted by Gasteiger charge is -2.47. The average Bonchev–Trinajstić information content (AvgIpc) is 3.71. The van der Waals surface area contributed by atoms with Crippen LogP contribution in [0.15, 0.2) is 76.8 Å². The zero-order valence-electron chi connectivity index (χ0n) is 24.4. The molecule has 3 fully saturated rings. The standard InChI is InChI=1S/C32H32N6O5S/c1-3-42-32(39)28-20-8-10-21(11-9-20)29(28)36-27-15-25(26-5-4-14-43-26)35-30(37-27)24-17-38(31-23(24)16-33-18-34-31)44(40,41)22-12-6-19(2)7-13-22/h4-7,12-18,20-21,28-29H,3,8-11H2,1-2H3,(H,35,36,37)/t20?,21?,28-,29-/m0/s1. The van der Waals surface area contributed by atoms with Crippen molar-refractivity contribution >= 4 is 32.8 Å². The largest absolute Gasteiger partial charge is 0.466 e. The number of ether oxygens (including phenoxy) is 1. The molecule has 0 amide bonds. The topological polar surface area (TPSA) is 142 Å². The Bertz CT molecular complexity index is 1930. The fourth-order valence-corrected chi connectivity index (χ4v) is 8.04. The van der Waals surface area contributed by atoms with Crippen LogP contribution in [0, 0.1) is 24.7 Å². The van der Waals surface area contributed by atoms with Crippen LogP contribution >= 0.6 is 0 Å². The molecule has 11 nitrogen and oxygen atoms in total. The van der Waals surface area contributed by atoms with Crippen molar-refractivity contribution in [3.8, 4) is 22.8 Å². The monoisotopic (exact) mass is 612 g/mol. The van der Waals surface area contributed by atoms with Gasteiger partial charge >= 0.3 is 5.97 Å². The van der Waals surface area contributed by atoms with Gasteiger partial charge < -0.3 is 14.5 Å². The summed E-state index contributed by atoms with van der Waals surface area (Å²) in [5.41, 5.74) is 2.11. The quantitative estimate of drug-likeness (QED) is 0.224. The summed E-state index contributed by atoms with van der Waals surface area (Å²) < 4.78 is 40.0. The molecule has 4 aromatic heterocycles. The average molecular weight is 613 g/mol. The molecule has 4 heterocycles. The van der Waals surface area contributed by atoms with Gasteiger partial charge in [0.15, 0.2) is 17.2 Å². The molecule has 0 aliphatic heterocycles. The predicted octanol–water partition coefficient (Wildman–Crippen LogP) is 5.47. The smallest absolute Gasteiger partial charge is 0.311 e. The predicted molar refractivity (Wildman–Crippen MR) is 163 cm³/mol. The summed E-state index contributed by atoms with van der Waals surface area (Å²) in [5, 5.41) is 4.06. The number of anilines is 1. The molecule has 1 aromatic carbocycles. The van der Waals surface area contributed by atoms with Crippen molar-refractivity contribution in [1.29, 1.82) is 0 Å². The summed E-state index contributed by atoms with van der Waals surface area (Å²) in [5.74, 6) is 1.40. The van der Waals surface area contributed by atoms with E-state index in [0.29, 0.717) is 40.7 Å². The molecule has 0 radical (unpaired) electrons. The van der Waals surface area contributed by atoms with Crippen molar-refractivity contribution in [2.45, 2.75) is 50.5 Å². The molecule has 226 valence electrons. The van der Waals surface area contributed by atoms with Crippen molar-refractivity contribution in [2.24, 2.45) is 17.8 Å². The van der Waals surface area contributed by atoms with Crippen LogP contribution in [0.2, 0.25) is 0 Å². The van der Waals surface area contributed by atoms with Gasteiger partial charge in [0.1, 0.15) is 17.8 Å². The Balaban J connectivity index is 1.35. The van der Waals surface area contributed by atoms with Gasteiger partial charge in [-0.05, 0) is 75.6 Å². The van der Waals surface area contributed by atoms with Gasteiger partial charge in [-0.1, -0.05) is 17.7 Å². The highest BCUT2D eigenvalue weighted by atomic mass is 32.2. The summed E-state index contributed by atoms with van der Waals surface area (Å²) in [4.78, 5) is 31.5. The Labute approximate surface area is 254 Å². The van der Waals surface area contributed by atoms with Crippen LogP contribution in [0.5, 0.6) is 0 Å². The van der Waals surface area contributed by atoms with E-state index in [2.05, 4.69) is 15.3 Å². The lowest BCUT2D eigenvalue weighted by Crippen LogP contribution is -2.52. The van der Waals surface area contributed by atoms with Gasteiger partial charge in [0.25, 0.3) is 10.0 Å². The SMILES string of the molecule is CCOC(=O)[C@H]1C2CCC(CC2)[C@@H]1Nc1cc(-c2ccco2)nc(-c2cn(S(=O)(=O)c3ccc(C)cc3)c3ncncc23)n1. The second-order valence-corrected chi connectivity index (χ2v) is 13.3. The van der Waals surface area contributed by atoms with Gasteiger partial charge in [-0.3, -0.25) is 4.79 Å². The van der Waals surface area contributed by atoms with Crippen molar-refractivity contribution in [3.63, 3.8) is 0 Å². The van der Waals surface area contributed by atoms with E-state index in [1.165, 1.54) is 12.5 Å². The maximum absolute atomic E-state index is 13.8. The zero-order valence-corrected chi connectivity index (χ0v) is 25.2. The van der Waals surface area contributed by atoms with Gasteiger partial charge in [-0.15, -0.1) is 0 Å². The fraction of sp³-hybridized carbons (Fsp3) is 0.344. The Hall–Kier alpha value is -4.58. The lowest BCUT2D eigenvalue weighted by molar-refractivity contribution is -0.154. The molecule has 5 aromatic rings. The third-order valence-corrected chi connectivity index (χ3v) is 10.5. The van der Waals surface area contributed by atoms with Gasteiger partial charge in [0.05, 0.1) is 23.7 Å². The molecule has 8 rings (SSSR count). The third kappa shape index (κ3) is 4.92. The minimum absolute atomic E-state index is 0.134. The molecule has 1 N–H and O–H groups in total. The van der Waals surface area contributed by atoms with E-state index in [1.54, 1.807) is 54.9 Å². The maximum Gasteiger partial charge on any atom is 0.311 e. The van der Waals surface area contributed by atoms with Gasteiger partial charge in [-0.25, -0.2) is 32.3 Å². The highest BCUT2D eigenvalue weighted by Crippen LogP contribution is 2.47. The molecular weight excluding hydrogens is 580 g/mol. The van der Waals surface area contributed by atoms with Crippen molar-refractivity contribution in [1.82, 2.24) is 23.9 Å². The van der Waals surface area contributed by atoms with E-state index in [4.69, 9.17) is 19.1 Å².